The van der Waals surface area contributed by atoms with Gasteiger partial charge >= 0.3 is 0 Å². The Morgan fingerprint density at radius 1 is 1.21 bits per heavy atom. The van der Waals surface area contributed by atoms with E-state index in [2.05, 4.69) is 0 Å². The highest BCUT2D eigenvalue weighted by Gasteiger charge is 2.43. The van der Waals surface area contributed by atoms with Crippen molar-refractivity contribution in [1.82, 2.24) is 9.47 Å². The number of rotatable bonds is 3. The Hall–Kier alpha value is -3.05. The van der Waals surface area contributed by atoms with E-state index in [0.717, 1.165) is 0 Å². The molecule has 2 aliphatic heterocycles. The highest BCUT2D eigenvalue weighted by atomic mass is 32.2. The number of amides is 1. The van der Waals surface area contributed by atoms with Gasteiger partial charge in [0.25, 0.3) is 11.6 Å². The highest BCUT2D eigenvalue weighted by molar-refractivity contribution is 7.91. The lowest BCUT2D eigenvalue weighted by Crippen LogP contribution is -2.41. The maximum Gasteiger partial charge on any atom is 0.277 e. The average Bonchev–Trinajstić information content (AvgIpc) is 3.37. The number of benzene rings is 1. The Morgan fingerprint density at radius 2 is 1.93 bits per heavy atom. The van der Waals surface area contributed by atoms with Crippen LogP contribution in [-0.4, -0.2) is 51.4 Å². The Labute approximate surface area is 169 Å². The number of nitrogens with zero attached hydrogens (tertiary/aromatic N) is 3. The number of nitro groups is 1. The van der Waals surface area contributed by atoms with Crippen molar-refractivity contribution >= 4 is 49.9 Å². The van der Waals surface area contributed by atoms with E-state index >= 15 is 0 Å². The first kappa shape index (κ1) is 18.0. The van der Waals surface area contributed by atoms with Crippen molar-refractivity contribution in [3.05, 3.63) is 52.2 Å². The van der Waals surface area contributed by atoms with Gasteiger partial charge in [0.1, 0.15) is 11.5 Å². The van der Waals surface area contributed by atoms with Gasteiger partial charge in [0.2, 0.25) is 0 Å². The first-order chi connectivity index (χ1) is 13.7. The molecule has 0 saturated carbocycles. The number of fused-ring (bicyclic) bond motifs is 3. The van der Waals surface area contributed by atoms with Crippen LogP contribution in [0, 0.1) is 10.1 Å². The molecule has 4 heterocycles. The zero-order valence-corrected chi connectivity index (χ0v) is 16.4. The van der Waals surface area contributed by atoms with Crippen LogP contribution in [0.15, 0.2) is 40.8 Å². The normalized spacial score (nSPS) is 20.6. The van der Waals surface area contributed by atoms with Crippen LogP contribution in [-0.2, 0) is 9.84 Å². The first-order valence-corrected chi connectivity index (χ1v) is 11.0. The van der Waals surface area contributed by atoms with Crippen molar-refractivity contribution in [3.63, 3.8) is 0 Å². The molecule has 3 aromatic rings. The summed E-state index contributed by atoms with van der Waals surface area (Å²) in [4.78, 5) is 24.6. The topological polar surface area (TPSA) is 116 Å². The molecule has 11 heteroatoms. The summed E-state index contributed by atoms with van der Waals surface area (Å²) >= 11 is 5.49. The summed E-state index contributed by atoms with van der Waals surface area (Å²) in [6.07, 6.45) is 0.363. The number of carbonyl (C=O) groups excluding carboxylic acids is 1. The van der Waals surface area contributed by atoms with Crippen molar-refractivity contribution in [3.8, 4) is 11.3 Å². The number of hydrogen-bond acceptors (Lipinski definition) is 7. The van der Waals surface area contributed by atoms with Crippen molar-refractivity contribution < 1.29 is 22.6 Å². The molecular formula is C18H13N3O6S2. The van der Waals surface area contributed by atoms with Crippen LogP contribution in [0.4, 0.5) is 5.69 Å². The smallest absolute Gasteiger partial charge is 0.277 e. The molecule has 5 rings (SSSR count). The van der Waals surface area contributed by atoms with E-state index in [1.54, 1.807) is 28.8 Å². The zero-order chi connectivity index (χ0) is 20.5. The van der Waals surface area contributed by atoms with E-state index in [-0.39, 0.29) is 28.2 Å². The molecule has 0 spiro atoms. The summed E-state index contributed by atoms with van der Waals surface area (Å²) in [6, 6.07) is 8.78. The van der Waals surface area contributed by atoms with E-state index in [1.807, 2.05) is 0 Å². The van der Waals surface area contributed by atoms with Crippen LogP contribution in [0.25, 0.3) is 22.4 Å². The predicted molar refractivity (Wildman–Crippen MR) is 108 cm³/mol. The average molecular weight is 431 g/mol. The largest absolute Gasteiger partial charge is 0.454 e. The monoisotopic (exact) mass is 431 g/mol. The second kappa shape index (κ2) is 5.97. The SMILES string of the molecule is O=C1c2cc3oc(-c4ccc([N+](=O)[O-])cc4)cc3n2C(=S)N1C1CCS(=O)(=O)C1. The number of sulfone groups is 1. The molecule has 9 nitrogen and oxygen atoms in total. The second-order valence-electron chi connectivity index (χ2n) is 7.04. The van der Waals surface area contributed by atoms with Crippen molar-refractivity contribution in [2.24, 2.45) is 0 Å². The predicted octanol–water partition coefficient (Wildman–Crippen LogP) is 2.59. The lowest BCUT2D eigenvalue weighted by molar-refractivity contribution is -0.384. The lowest BCUT2D eigenvalue weighted by Gasteiger charge is -2.22. The number of non-ortho nitro benzene ring substituents is 1. The molecule has 1 amide bonds. The lowest BCUT2D eigenvalue weighted by atomic mass is 10.1. The van der Waals surface area contributed by atoms with Gasteiger partial charge in [-0.05, 0) is 30.8 Å². The van der Waals surface area contributed by atoms with E-state index in [4.69, 9.17) is 16.6 Å². The highest BCUT2D eigenvalue weighted by Crippen LogP contribution is 2.35. The molecule has 1 fully saturated rings. The van der Waals surface area contributed by atoms with E-state index in [1.165, 1.54) is 17.0 Å². The molecule has 1 atom stereocenters. The van der Waals surface area contributed by atoms with Gasteiger partial charge in [-0.2, -0.15) is 0 Å². The summed E-state index contributed by atoms with van der Waals surface area (Å²) in [6.45, 7) is 0. The fourth-order valence-electron chi connectivity index (χ4n) is 3.86. The third-order valence-electron chi connectivity index (χ3n) is 5.26. The molecule has 0 bridgehead atoms. The third-order valence-corrected chi connectivity index (χ3v) is 7.39. The standard InChI is InChI=1S/C18H13N3O6S2/c22-17-14-8-16-13(7-15(27-16)10-1-3-11(4-2-10)21(23)24)20(14)18(28)19(17)12-5-6-29(25,26)9-12/h1-4,7-8,12H,5-6,9H2. The van der Waals surface area contributed by atoms with Gasteiger partial charge in [-0.3, -0.25) is 24.4 Å². The molecule has 2 aliphatic rings. The zero-order valence-electron chi connectivity index (χ0n) is 14.8. The number of thiocarbonyl (C=S) groups is 1. The van der Waals surface area contributed by atoms with Crippen LogP contribution in [0.2, 0.25) is 0 Å². The molecular weight excluding hydrogens is 418 g/mol. The number of hydrogen-bond donors (Lipinski definition) is 0. The number of furan rings is 1. The summed E-state index contributed by atoms with van der Waals surface area (Å²) in [7, 11) is -3.16. The van der Waals surface area contributed by atoms with Gasteiger partial charge in [-0.25, -0.2) is 8.42 Å². The maximum absolute atomic E-state index is 12.8. The van der Waals surface area contributed by atoms with Gasteiger partial charge in [0, 0.05) is 29.8 Å². The molecule has 0 radical (unpaired) electrons. The van der Waals surface area contributed by atoms with Gasteiger partial charge in [-0.15, -0.1) is 0 Å². The summed E-state index contributed by atoms with van der Waals surface area (Å²) < 4.78 is 31.1. The molecule has 2 aromatic heterocycles. The summed E-state index contributed by atoms with van der Waals surface area (Å²) in [5.41, 5.74) is 2.01. The fourth-order valence-corrected chi connectivity index (χ4v) is 5.99. The number of nitro benzene ring substituents is 1. The van der Waals surface area contributed by atoms with Gasteiger partial charge in [-0.1, -0.05) is 0 Å². The van der Waals surface area contributed by atoms with Gasteiger partial charge < -0.3 is 4.42 Å². The van der Waals surface area contributed by atoms with Crippen LogP contribution in [0.5, 0.6) is 0 Å². The summed E-state index contributed by atoms with van der Waals surface area (Å²) in [5, 5.41) is 11.0. The van der Waals surface area contributed by atoms with E-state index in [9.17, 15) is 23.3 Å². The molecule has 29 heavy (non-hydrogen) atoms. The summed E-state index contributed by atoms with van der Waals surface area (Å²) in [5.74, 6) is 0.106. The third kappa shape index (κ3) is 2.69. The Kier molecular flexibility index (Phi) is 3.71. The maximum atomic E-state index is 12.8. The first-order valence-electron chi connectivity index (χ1n) is 8.73. The number of carbonyl (C=O) groups is 1. The van der Waals surface area contributed by atoms with Crippen molar-refractivity contribution in [2.45, 2.75) is 12.5 Å². The van der Waals surface area contributed by atoms with Crippen molar-refractivity contribution in [2.75, 3.05) is 11.5 Å². The van der Waals surface area contributed by atoms with E-state index in [0.29, 0.717) is 34.5 Å². The molecule has 148 valence electrons. The molecule has 1 saturated heterocycles. The van der Waals surface area contributed by atoms with Crippen LogP contribution in [0.3, 0.4) is 0 Å². The van der Waals surface area contributed by atoms with Gasteiger partial charge in [0.05, 0.1) is 28.0 Å². The van der Waals surface area contributed by atoms with Crippen molar-refractivity contribution in [1.29, 1.82) is 0 Å². The van der Waals surface area contributed by atoms with Crippen LogP contribution >= 0.6 is 12.2 Å². The Morgan fingerprint density at radius 3 is 2.55 bits per heavy atom. The molecule has 1 unspecified atom stereocenters. The minimum absolute atomic E-state index is 0.0245. The molecule has 1 aromatic carbocycles. The number of aromatic nitrogens is 1. The van der Waals surface area contributed by atoms with Crippen LogP contribution in [0.1, 0.15) is 16.9 Å². The van der Waals surface area contributed by atoms with Crippen LogP contribution < -0.4 is 0 Å². The Bertz CT molecular complexity index is 1320. The van der Waals surface area contributed by atoms with E-state index < -0.39 is 20.8 Å². The second-order valence-corrected chi connectivity index (χ2v) is 9.64. The molecule has 0 N–H and O–H groups in total. The van der Waals surface area contributed by atoms with Gasteiger partial charge in [0.15, 0.2) is 20.5 Å². The Balaban J connectivity index is 1.52. The quantitative estimate of drug-likeness (QED) is 0.355. The fraction of sp³-hybridized carbons (Fsp3) is 0.222. The molecule has 0 aliphatic carbocycles. The minimum Gasteiger partial charge on any atom is -0.454 e. The minimum atomic E-state index is -3.16.